The molecule has 0 aromatic heterocycles. The van der Waals surface area contributed by atoms with E-state index in [0.717, 1.165) is 57.1 Å². The molecule has 1 aromatic carbocycles. The molecule has 1 aliphatic heterocycles. The maximum atomic E-state index is 12.0. The number of anilines is 1. The molecule has 1 heterocycles. The molecule has 1 saturated heterocycles. The Morgan fingerprint density at radius 1 is 1.32 bits per heavy atom. The van der Waals surface area contributed by atoms with Crippen LogP contribution in [0.25, 0.3) is 0 Å². The van der Waals surface area contributed by atoms with Crippen molar-refractivity contribution in [1.29, 1.82) is 0 Å². The molecule has 1 fully saturated rings. The first-order valence-corrected chi connectivity index (χ1v) is 8.03. The van der Waals surface area contributed by atoms with Gasteiger partial charge in [0.05, 0.1) is 13.2 Å². The van der Waals surface area contributed by atoms with Crippen LogP contribution in [0.4, 0.5) is 5.69 Å². The average molecular weight is 305 g/mol. The van der Waals surface area contributed by atoms with Crippen LogP contribution in [0.2, 0.25) is 0 Å². The Bertz CT molecular complexity index is 485. The van der Waals surface area contributed by atoms with Crippen LogP contribution in [0, 0.1) is 6.92 Å². The average Bonchev–Trinajstić information content (AvgIpc) is 2.52. The molecule has 2 rings (SSSR count). The molecule has 5 nitrogen and oxygen atoms in total. The SMILES string of the molecule is CNCCCC(=O)Nc1cc(CN2CCOCC2)ccc1C. The van der Waals surface area contributed by atoms with Gasteiger partial charge >= 0.3 is 0 Å². The van der Waals surface area contributed by atoms with Crippen molar-refractivity contribution in [2.75, 3.05) is 45.2 Å². The predicted molar refractivity (Wildman–Crippen MR) is 89.1 cm³/mol. The first-order chi connectivity index (χ1) is 10.7. The van der Waals surface area contributed by atoms with Crippen LogP contribution in [0.15, 0.2) is 18.2 Å². The number of ether oxygens (including phenoxy) is 1. The summed E-state index contributed by atoms with van der Waals surface area (Å²) in [6.45, 7) is 7.36. The zero-order valence-electron chi connectivity index (χ0n) is 13.7. The summed E-state index contributed by atoms with van der Waals surface area (Å²) in [5.41, 5.74) is 3.27. The maximum absolute atomic E-state index is 12.0. The molecule has 122 valence electrons. The molecule has 1 aliphatic rings. The molecule has 0 bridgehead atoms. The Hall–Kier alpha value is -1.43. The first kappa shape index (κ1) is 16.9. The Labute approximate surface area is 133 Å². The third kappa shape index (κ3) is 5.40. The molecule has 0 atom stereocenters. The first-order valence-electron chi connectivity index (χ1n) is 8.03. The van der Waals surface area contributed by atoms with E-state index in [1.54, 1.807) is 0 Å². The fraction of sp³-hybridized carbons (Fsp3) is 0.588. The smallest absolute Gasteiger partial charge is 0.224 e. The van der Waals surface area contributed by atoms with Crippen molar-refractivity contribution in [2.24, 2.45) is 0 Å². The number of benzene rings is 1. The number of carbonyl (C=O) groups excluding carboxylic acids is 1. The van der Waals surface area contributed by atoms with Crippen molar-refractivity contribution in [1.82, 2.24) is 10.2 Å². The van der Waals surface area contributed by atoms with Gasteiger partial charge in [0, 0.05) is 31.7 Å². The molecule has 2 N–H and O–H groups in total. The van der Waals surface area contributed by atoms with E-state index in [-0.39, 0.29) is 5.91 Å². The van der Waals surface area contributed by atoms with E-state index in [0.29, 0.717) is 6.42 Å². The monoisotopic (exact) mass is 305 g/mol. The van der Waals surface area contributed by atoms with Gasteiger partial charge < -0.3 is 15.4 Å². The second-order valence-corrected chi connectivity index (χ2v) is 5.79. The van der Waals surface area contributed by atoms with Crippen LogP contribution < -0.4 is 10.6 Å². The Balaban J connectivity index is 1.92. The Morgan fingerprint density at radius 2 is 2.09 bits per heavy atom. The summed E-state index contributed by atoms with van der Waals surface area (Å²) < 4.78 is 5.38. The fourth-order valence-corrected chi connectivity index (χ4v) is 2.56. The summed E-state index contributed by atoms with van der Waals surface area (Å²) in [4.78, 5) is 14.4. The van der Waals surface area contributed by atoms with Crippen LogP contribution in [0.5, 0.6) is 0 Å². The third-order valence-electron chi connectivity index (χ3n) is 3.92. The number of amides is 1. The summed E-state index contributed by atoms with van der Waals surface area (Å²) in [6.07, 6.45) is 1.41. The highest BCUT2D eigenvalue weighted by atomic mass is 16.5. The standard InChI is InChI=1S/C17H27N3O2/c1-14-5-6-15(13-20-8-10-22-11-9-20)12-16(14)19-17(21)4-3-7-18-2/h5-6,12,18H,3-4,7-11,13H2,1-2H3,(H,19,21). The number of hydrogen-bond acceptors (Lipinski definition) is 4. The van der Waals surface area contributed by atoms with Gasteiger partial charge in [0.2, 0.25) is 5.91 Å². The minimum atomic E-state index is 0.0851. The molecule has 0 spiro atoms. The second-order valence-electron chi connectivity index (χ2n) is 5.79. The van der Waals surface area contributed by atoms with Crippen LogP contribution in [0.1, 0.15) is 24.0 Å². The molecular formula is C17H27N3O2. The van der Waals surface area contributed by atoms with Crippen molar-refractivity contribution >= 4 is 11.6 Å². The number of hydrogen-bond donors (Lipinski definition) is 2. The molecule has 0 radical (unpaired) electrons. The largest absolute Gasteiger partial charge is 0.379 e. The van der Waals surface area contributed by atoms with E-state index in [1.165, 1.54) is 5.56 Å². The molecule has 1 aromatic rings. The van der Waals surface area contributed by atoms with E-state index < -0.39 is 0 Å². The zero-order valence-corrected chi connectivity index (χ0v) is 13.7. The van der Waals surface area contributed by atoms with Gasteiger partial charge in [-0.1, -0.05) is 12.1 Å². The van der Waals surface area contributed by atoms with Crippen LogP contribution in [0.3, 0.4) is 0 Å². The molecule has 0 unspecified atom stereocenters. The summed E-state index contributed by atoms with van der Waals surface area (Å²) in [6, 6.07) is 6.32. The number of nitrogens with zero attached hydrogens (tertiary/aromatic N) is 1. The molecular weight excluding hydrogens is 278 g/mol. The lowest BCUT2D eigenvalue weighted by atomic mass is 10.1. The summed E-state index contributed by atoms with van der Waals surface area (Å²) >= 11 is 0. The van der Waals surface area contributed by atoms with Crippen molar-refractivity contribution < 1.29 is 9.53 Å². The lowest BCUT2D eigenvalue weighted by molar-refractivity contribution is -0.116. The lowest BCUT2D eigenvalue weighted by Crippen LogP contribution is -2.35. The number of morpholine rings is 1. The summed E-state index contributed by atoms with van der Waals surface area (Å²) in [5.74, 6) is 0.0851. The van der Waals surface area contributed by atoms with Gasteiger partial charge in [-0.25, -0.2) is 0 Å². The molecule has 1 amide bonds. The minimum absolute atomic E-state index is 0.0851. The summed E-state index contributed by atoms with van der Waals surface area (Å²) in [5, 5.41) is 6.09. The van der Waals surface area contributed by atoms with E-state index in [4.69, 9.17) is 4.74 Å². The summed E-state index contributed by atoms with van der Waals surface area (Å²) in [7, 11) is 1.90. The topological polar surface area (TPSA) is 53.6 Å². The van der Waals surface area contributed by atoms with E-state index in [2.05, 4.69) is 33.7 Å². The van der Waals surface area contributed by atoms with Gasteiger partial charge in [0.1, 0.15) is 0 Å². The fourth-order valence-electron chi connectivity index (χ4n) is 2.56. The van der Waals surface area contributed by atoms with Crippen LogP contribution in [-0.4, -0.2) is 50.7 Å². The van der Waals surface area contributed by atoms with E-state index >= 15 is 0 Å². The van der Waals surface area contributed by atoms with E-state index in [1.807, 2.05) is 14.0 Å². The van der Waals surface area contributed by atoms with Gasteiger partial charge in [-0.2, -0.15) is 0 Å². The van der Waals surface area contributed by atoms with Crippen LogP contribution in [-0.2, 0) is 16.1 Å². The number of nitrogens with one attached hydrogen (secondary N) is 2. The zero-order chi connectivity index (χ0) is 15.8. The van der Waals surface area contributed by atoms with Crippen molar-refractivity contribution in [3.63, 3.8) is 0 Å². The maximum Gasteiger partial charge on any atom is 0.224 e. The highest BCUT2D eigenvalue weighted by Crippen LogP contribution is 2.19. The minimum Gasteiger partial charge on any atom is -0.379 e. The van der Waals surface area contributed by atoms with Gasteiger partial charge in [0.25, 0.3) is 0 Å². The highest BCUT2D eigenvalue weighted by Gasteiger charge is 2.12. The molecule has 0 saturated carbocycles. The van der Waals surface area contributed by atoms with Gasteiger partial charge in [-0.05, 0) is 44.1 Å². The highest BCUT2D eigenvalue weighted by molar-refractivity contribution is 5.91. The molecule has 0 aliphatic carbocycles. The normalized spacial score (nSPS) is 15.7. The van der Waals surface area contributed by atoms with Gasteiger partial charge in [-0.3, -0.25) is 9.69 Å². The quantitative estimate of drug-likeness (QED) is 0.754. The molecule has 5 heteroatoms. The Kier molecular flexibility index (Phi) is 6.83. The predicted octanol–water partition coefficient (Wildman–Crippen LogP) is 1.77. The van der Waals surface area contributed by atoms with Crippen molar-refractivity contribution in [2.45, 2.75) is 26.3 Å². The number of aryl methyl sites for hydroxylation is 1. The van der Waals surface area contributed by atoms with Crippen molar-refractivity contribution in [3.8, 4) is 0 Å². The Morgan fingerprint density at radius 3 is 2.82 bits per heavy atom. The lowest BCUT2D eigenvalue weighted by Gasteiger charge is -2.26. The van der Waals surface area contributed by atoms with E-state index in [9.17, 15) is 4.79 Å². The second kappa shape index (κ2) is 8.88. The van der Waals surface area contributed by atoms with Gasteiger partial charge in [0.15, 0.2) is 0 Å². The van der Waals surface area contributed by atoms with Crippen LogP contribution >= 0.6 is 0 Å². The third-order valence-corrected chi connectivity index (χ3v) is 3.92. The van der Waals surface area contributed by atoms with Gasteiger partial charge in [-0.15, -0.1) is 0 Å². The molecule has 22 heavy (non-hydrogen) atoms. The van der Waals surface area contributed by atoms with Crippen molar-refractivity contribution in [3.05, 3.63) is 29.3 Å². The number of carbonyl (C=O) groups is 1. The number of rotatable bonds is 7.